The van der Waals surface area contributed by atoms with Crippen LogP contribution in [0.1, 0.15) is 47.6 Å². The summed E-state index contributed by atoms with van der Waals surface area (Å²) in [7, 11) is 0. The fourth-order valence-corrected chi connectivity index (χ4v) is 5.88. The maximum absolute atomic E-state index is 6.78. The number of ether oxygens (including phenoxy) is 1. The van der Waals surface area contributed by atoms with Gasteiger partial charge in [0.05, 0.1) is 11.7 Å². The smallest absolute Gasteiger partial charge is 0.138 e. The minimum atomic E-state index is -0.554. The maximum Gasteiger partial charge on any atom is 0.138 e. The summed E-state index contributed by atoms with van der Waals surface area (Å²) in [5.74, 6) is 1.16. The van der Waals surface area contributed by atoms with Crippen molar-refractivity contribution in [2.45, 2.75) is 52.2 Å². The van der Waals surface area contributed by atoms with Crippen LogP contribution in [0.2, 0.25) is 0 Å². The number of hydrazone groups is 1. The summed E-state index contributed by atoms with van der Waals surface area (Å²) >= 11 is 0. The number of aryl methyl sites for hydroxylation is 3. The standard InChI is InChI=1S/C29H33N3O/c1-5-33-29(24-12-8-6-9-13-24,25-14-10-7-11-15-25)26-16-17-27-30-32(20-31(26)27)28-22(3)18-21(2)19-23(28)4/h6-15,18-19,26H,5,16-17,20H2,1-4H3/t26-/m0/s1. The molecule has 3 aromatic rings. The number of fused-ring (bicyclic) bond motifs is 1. The summed E-state index contributed by atoms with van der Waals surface area (Å²) in [4.78, 5) is 2.48. The van der Waals surface area contributed by atoms with Crippen molar-refractivity contribution in [2.75, 3.05) is 18.3 Å². The van der Waals surface area contributed by atoms with Crippen LogP contribution < -0.4 is 5.01 Å². The Kier molecular flexibility index (Phi) is 5.71. The van der Waals surface area contributed by atoms with Crippen molar-refractivity contribution >= 4 is 11.5 Å². The van der Waals surface area contributed by atoms with Crippen LogP contribution in [-0.4, -0.2) is 30.1 Å². The average Bonchev–Trinajstić information content (AvgIpc) is 3.39. The van der Waals surface area contributed by atoms with E-state index in [2.05, 4.69) is 110 Å². The van der Waals surface area contributed by atoms with Gasteiger partial charge >= 0.3 is 0 Å². The lowest BCUT2D eigenvalue weighted by atomic mass is 9.78. The lowest BCUT2D eigenvalue weighted by Gasteiger charge is -2.43. The molecule has 0 radical (unpaired) electrons. The van der Waals surface area contributed by atoms with Crippen LogP contribution >= 0.6 is 0 Å². The van der Waals surface area contributed by atoms with Gasteiger partial charge in [0.1, 0.15) is 18.1 Å². The minimum Gasteiger partial charge on any atom is -0.364 e. The molecule has 0 bridgehead atoms. The van der Waals surface area contributed by atoms with E-state index in [1.165, 1.54) is 33.5 Å². The van der Waals surface area contributed by atoms with E-state index in [4.69, 9.17) is 9.84 Å². The lowest BCUT2D eigenvalue weighted by molar-refractivity contribution is -0.0567. The Bertz CT molecular complexity index is 1090. The highest BCUT2D eigenvalue weighted by molar-refractivity contribution is 5.88. The van der Waals surface area contributed by atoms with Crippen molar-refractivity contribution in [3.63, 3.8) is 0 Å². The van der Waals surface area contributed by atoms with Gasteiger partial charge in [0.2, 0.25) is 0 Å². The molecule has 0 spiro atoms. The largest absolute Gasteiger partial charge is 0.364 e. The second-order valence-corrected chi connectivity index (χ2v) is 9.23. The molecule has 4 heteroatoms. The molecule has 1 atom stereocenters. The van der Waals surface area contributed by atoms with Gasteiger partial charge in [0.25, 0.3) is 0 Å². The Labute approximate surface area is 197 Å². The Balaban J connectivity index is 1.58. The van der Waals surface area contributed by atoms with Gasteiger partial charge in [-0.3, -0.25) is 0 Å². The minimum absolute atomic E-state index is 0.164. The topological polar surface area (TPSA) is 28.1 Å². The molecule has 0 saturated carbocycles. The molecule has 1 fully saturated rings. The van der Waals surface area contributed by atoms with E-state index in [0.717, 1.165) is 25.3 Å². The molecule has 0 aromatic heterocycles. The predicted molar refractivity (Wildman–Crippen MR) is 136 cm³/mol. The van der Waals surface area contributed by atoms with E-state index in [0.29, 0.717) is 6.61 Å². The van der Waals surface area contributed by atoms with Gasteiger partial charge in [-0.15, -0.1) is 0 Å². The van der Waals surface area contributed by atoms with Crippen molar-refractivity contribution < 1.29 is 4.74 Å². The van der Waals surface area contributed by atoms with Gasteiger partial charge < -0.3 is 9.64 Å². The van der Waals surface area contributed by atoms with Crippen molar-refractivity contribution in [2.24, 2.45) is 5.10 Å². The quantitative estimate of drug-likeness (QED) is 0.461. The zero-order valence-electron chi connectivity index (χ0n) is 20.1. The van der Waals surface area contributed by atoms with Crippen molar-refractivity contribution in [1.82, 2.24) is 4.90 Å². The molecule has 5 rings (SSSR count). The summed E-state index contributed by atoms with van der Waals surface area (Å²) in [6, 6.07) is 26.1. The molecule has 0 unspecified atom stereocenters. The lowest BCUT2D eigenvalue weighted by Crippen LogP contribution is -2.51. The number of nitrogens with zero attached hydrogens (tertiary/aromatic N) is 3. The van der Waals surface area contributed by atoms with Crippen molar-refractivity contribution in [3.8, 4) is 0 Å². The highest BCUT2D eigenvalue weighted by atomic mass is 16.5. The molecule has 170 valence electrons. The average molecular weight is 440 g/mol. The van der Waals surface area contributed by atoms with E-state index in [-0.39, 0.29) is 6.04 Å². The van der Waals surface area contributed by atoms with E-state index in [9.17, 15) is 0 Å². The van der Waals surface area contributed by atoms with Crippen LogP contribution in [0, 0.1) is 20.8 Å². The number of anilines is 1. The fraction of sp³-hybridized carbons (Fsp3) is 0.345. The molecule has 0 amide bonds. The van der Waals surface area contributed by atoms with Gasteiger partial charge in [-0.2, -0.15) is 5.10 Å². The van der Waals surface area contributed by atoms with Crippen LogP contribution in [0.4, 0.5) is 5.69 Å². The first-order chi connectivity index (χ1) is 16.0. The molecule has 3 aromatic carbocycles. The highest BCUT2D eigenvalue weighted by Gasteiger charge is 2.51. The normalized spacial score (nSPS) is 17.9. The molecule has 0 aliphatic carbocycles. The monoisotopic (exact) mass is 439 g/mol. The van der Waals surface area contributed by atoms with Crippen molar-refractivity contribution in [1.29, 1.82) is 0 Å². The van der Waals surface area contributed by atoms with Crippen LogP contribution in [-0.2, 0) is 10.3 Å². The first-order valence-corrected chi connectivity index (χ1v) is 12.0. The molecular weight excluding hydrogens is 406 g/mol. The summed E-state index contributed by atoms with van der Waals surface area (Å²) in [6.07, 6.45) is 1.97. The molecule has 2 aliphatic heterocycles. The molecule has 1 saturated heterocycles. The third-order valence-corrected chi connectivity index (χ3v) is 7.01. The number of amidine groups is 1. The summed E-state index contributed by atoms with van der Waals surface area (Å²) < 4.78 is 6.78. The SMILES string of the molecule is CCOC(c1ccccc1)(c1ccccc1)[C@@H]1CCC2=NN(c3c(C)cc(C)cc3C)CN21. The zero-order chi connectivity index (χ0) is 23.0. The Morgan fingerprint density at radius 2 is 1.48 bits per heavy atom. The molecule has 2 aliphatic rings. The van der Waals surface area contributed by atoms with Gasteiger partial charge in [0, 0.05) is 13.0 Å². The first kappa shape index (κ1) is 21.7. The number of rotatable bonds is 6. The predicted octanol–water partition coefficient (Wildman–Crippen LogP) is 6.15. The summed E-state index contributed by atoms with van der Waals surface area (Å²) in [6.45, 7) is 10.0. The fourth-order valence-electron chi connectivity index (χ4n) is 5.88. The van der Waals surface area contributed by atoms with Crippen LogP contribution in [0.5, 0.6) is 0 Å². The van der Waals surface area contributed by atoms with Gasteiger partial charge in [-0.25, -0.2) is 5.01 Å². The second-order valence-electron chi connectivity index (χ2n) is 9.23. The Morgan fingerprint density at radius 3 is 2.03 bits per heavy atom. The Hall–Kier alpha value is -3.11. The molecular formula is C29H33N3O. The second kappa shape index (κ2) is 8.68. The number of hydrogen-bond donors (Lipinski definition) is 0. The summed E-state index contributed by atoms with van der Waals surface area (Å²) in [5.41, 5.74) is 6.91. The van der Waals surface area contributed by atoms with E-state index >= 15 is 0 Å². The van der Waals surface area contributed by atoms with Crippen LogP contribution in [0.15, 0.2) is 77.9 Å². The van der Waals surface area contributed by atoms with Gasteiger partial charge in [-0.05, 0) is 56.4 Å². The van der Waals surface area contributed by atoms with Gasteiger partial charge in [0.15, 0.2) is 0 Å². The Morgan fingerprint density at radius 1 is 0.909 bits per heavy atom. The van der Waals surface area contributed by atoms with Crippen LogP contribution in [0.25, 0.3) is 0 Å². The van der Waals surface area contributed by atoms with E-state index < -0.39 is 5.60 Å². The zero-order valence-corrected chi connectivity index (χ0v) is 20.1. The molecule has 4 nitrogen and oxygen atoms in total. The van der Waals surface area contributed by atoms with E-state index in [1.54, 1.807) is 0 Å². The van der Waals surface area contributed by atoms with Gasteiger partial charge in [-0.1, -0.05) is 78.4 Å². The number of benzene rings is 3. The van der Waals surface area contributed by atoms with Crippen LogP contribution in [0.3, 0.4) is 0 Å². The molecule has 2 heterocycles. The molecule has 33 heavy (non-hydrogen) atoms. The number of hydrogen-bond acceptors (Lipinski definition) is 4. The van der Waals surface area contributed by atoms with E-state index in [1.807, 2.05) is 0 Å². The highest BCUT2D eigenvalue weighted by Crippen LogP contribution is 2.45. The molecule has 0 N–H and O–H groups in total. The third kappa shape index (κ3) is 3.63. The maximum atomic E-state index is 6.78. The third-order valence-electron chi connectivity index (χ3n) is 7.01. The summed E-state index contributed by atoms with van der Waals surface area (Å²) in [5, 5.41) is 7.30. The first-order valence-electron chi connectivity index (χ1n) is 12.0. The van der Waals surface area contributed by atoms with Crippen molar-refractivity contribution in [3.05, 3.63) is 101 Å².